The maximum Gasteiger partial charge on any atom is 0.265 e. The van der Waals surface area contributed by atoms with Crippen molar-refractivity contribution in [2.75, 3.05) is 19.0 Å². The molecule has 1 atom stereocenters. The van der Waals surface area contributed by atoms with Crippen LogP contribution in [0.15, 0.2) is 48.8 Å². The third kappa shape index (κ3) is 4.10. The molecule has 28 heavy (non-hydrogen) atoms. The number of rotatable bonds is 6. The number of methoxy groups -OCH3 is 1. The van der Waals surface area contributed by atoms with Crippen molar-refractivity contribution in [3.05, 3.63) is 64.1 Å². The highest BCUT2D eigenvalue weighted by Crippen LogP contribution is 2.37. The summed E-state index contributed by atoms with van der Waals surface area (Å²) in [6.07, 6.45) is 6.29. The van der Waals surface area contributed by atoms with Gasteiger partial charge in [0, 0.05) is 48.0 Å². The lowest BCUT2D eigenvalue weighted by Crippen LogP contribution is -2.21. The zero-order valence-corrected chi connectivity index (χ0v) is 16.9. The zero-order chi connectivity index (χ0) is 19.5. The molecular weight excluding hydrogens is 372 g/mol. The van der Waals surface area contributed by atoms with E-state index in [9.17, 15) is 4.79 Å². The van der Waals surface area contributed by atoms with Crippen LogP contribution >= 0.6 is 11.3 Å². The molecule has 0 spiro atoms. The summed E-state index contributed by atoms with van der Waals surface area (Å²) in [4.78, 5) is 17.1. The quantitative estimate of drug-likeness (QED) is 0.682. The van der Waals surface area contributed by atoms with Gasteiger partial charge >= 0.3 is 0 Å². The Labute approximate surface area is 168 Å². The molecule has 1 aromatic carbocycles. The number of nitrogens with zero attached hydrogens (tertiary/aromatic N) is 3. The number of nitrogens with one attached hydrogen (secondary N) is 1. The second-order valence-corrected chi connectivity index (χ2v) is 8.15. The van der Waals surface area contributed by atoms with Crippen LogP contribution in [0.4, 0.5) is 5.69 Å². The number of hydrogen-bond acceptors (Lipinski definition) is 5. The predicted molar refractivity (Wildman–Crippen MR) is 111 cm³/mol. The van der Waals surface area contributed by atoms with E-state index >= 15 is 0 Å². The van der Waals surface area contributed by atoms with Gasteiger partial charge < -0.3 is 10.1 Å². The number of likely N-dealkylation sites (tertiary alicyclic amines) is 1. The molecule has 2 aromatic heterocycles. The molecule has 0 aliphatic carbocycles. The van der Waals surface area contributed by atoms with Crippen molar-refractivity contribution in [3.63, 3.8) is 0 Å². The third-order valence-electron chi connectivity index (χ3n) is 5.01. The average molecular weight is 397 g/mol. The van der Waals surface area contributed by atoms with Crippen molar-refractivity contribution in [1.29, 1.82) is 0 Å². The number of carbonyl (C=O) groups excluding carboxylic acids is 1. The van der Waals surface area contributed by atoms with Crippen LogP contribution in [0.5, 0.6) is 5.75 Å². The Morgan fingerprint density at radius 1 is 1.36 bits per heavy atom. The Morgan fingerprint density at radius 3 is 3.04 bits per heavy atom. The predicted octanol–water partition coefficient (Wildman–Crippen LogP) is 4.08. The molecule has 3 heterocycles. The van der Waals surface area contributed by atoms with Gasteiger partial charge in [0.15, 0.2) is 0 Å². The summed E-state index contributed by atoms with van der Waals surface area (Å²) in [6.45, 7) is 1.96. The van der Waals surface area contributed by atoms with Crippen LogP contribution in [0.2, 0.25) is 0 Å². The fraction of sp³-hybridized carbons (Fsp3) is 0.333. The molecule has 1 N–H and O–H groups in total. The first-order chi connectivity index (χ1) is 13.6. The van der Waals surface area contributed by atoms with E-state index in [0.717, 1.165) is 35.8 Å². The molecule has 1 aliphatic heterocycles. The first-order valence-electron chi connectivity index (χ1n) is 9.39. The van der Waals surface area contributed by atoms with Crippen LogP contribution in [0.3, 0.4) is 0 Å². The van der Waals surface area contributed by atoms with Gasteiger partial charge in [-0.1, -0.05) is 6.07 Å². The molecule has 0 unspecified atom stereocenters. The number of carbonyl (C=O) groups is 1. The van der Waals surface area contributed by atoms with Gasteiger partial charge in [-0.25, -0.2) is 0 Å². The lowest BCUT2D eigenvalue weighted by molar-refractivity contribution is 0.103. The summed E-state index contributed by atoms with van der Waals surface area (Å²) in [5.74, 6) is 0.642. The molecular formula is C21H24N4O2S. The first kappa shape index (κ1) is 18.7. The number of benzene rings is 1. The van der Waals surface area contributed by atoms with Gasteiger partial charge in [-0.15, -0.1) is 11.3 Å². The Kier molecular flexibility index (Phi) is 5.45. The number of anilines is 1. The maximum absolute atomic E-state index is 12.7. The van der Waals surface area contributed by atoms with Gasteiger partial charge in [0.2, 0.25) is 0 Å². The van der Waals surface area contributed by atoms with Gasteiger partial charge in [-0.05, 0) is 43.7 Å². The number of ether oxygens (including phenoxy) is 1. The standard InChI is InChI=1S/C21H24N4O2S/c1-24-13-15(12-22-24)14-25-10-4-7-18(25)19-8-9-20(28-19)21(26)23-16-5-3-6-17(11-16)27-2/h3,5-6,8-9,11-13,18H,4,7,10,14H2,1-2H3,(H,23,26)/t18-/m1/s1. The third-order valence-corrected chi connectivity index (χ3v) is 6.20. The smallest absolute Gasteiger partial charge is 0.265 e. The maximum atomic E-state index is 12.7. The molecule has 3 aromatic rings. The molecule has 7 heteroatoms. The van der Waals surface area contributed by atoms with Crippen molar-refractivity contribution in [3.8, 4) is 5.75 Å². The summed E-state index contributed by atoms with van der Waals surface area (Å²) < 4.78 is 7.06. The normalized spacial score (nSPS) is 17.0. The molecule has 146 valence electrons. The highest BCUT2D eigenvalue weighted by Gasteiger charge is 2.28. The fourth-order valence-corrected chi connectivity index (χ4v) is 4.75. The van der Waals surface area contributed by atoms with Crippen LogP contribution in [-0.4, -0.2) is 34.2 Å². The molecule has 1 fully saturated rings. The minimum Gasteiger partial charge on any atom is -0.497 e. The largest absolute Gasteiger partial charge is 0.497 e. The van der Waals surface area contributed by atoms with E-state index in [4.69, 9.17) is 4.74 Å². The number of aryl methyl sites for hydroxylation is 1. The molecule has 1 saturated heterocycles. The Balaban J connectivity index is 1.44. The van der Waals surface area contributed by atoms with Crippen molar-refractivity contribution < 1.29 is 9.53 Å². The van der Waals surface area contributed by atoms with Crippen LogP contribution < -0.4 is 10.1 Å². The first-order valence-corrected chi connectivity index (χ1v) is 10.2. The number of amides is 1. The van der Waals surface area contributed by atoms with Crippen molar-refractivity contribution in [2.24, 2.45) is 7.05 Å². The van der Waals surface area contributed by atoms with Gasteiger partial charge in [0.1, 0.15) is 5.75 Å². The second kappa shape index (κ2) is 8.16. The summed E-state index contributed by atoms with van der Waals surface area (Å²) in [6, 6.07) is 11.8. The number of hydrogen-bond donors (Lipinski definition) is 1. The van der Waals surface area contributed by atoms with Crippen LogP contribution in [0.1, 0.15) is 39.0 Å². The Hall–Kier alpha value is -2.64. The Morgan fingerprint density at radius 2 is 2.25 bits per heavy atom. The molecule has 4 rings (SSSR count). The minimum atomic E-state index is -0.0821. The molecule has 1 aliphatic rings. The molecule has 1 amide bonds. The van der Waals surface area contributed by atoms with E-state index in [1.807, 2.05) is 48.3 Å². The summed E-state index contributed by atoms with van der Waals surface area (Å²) in [5.41, 5.74) is 1.96. The Bertz CT molecular complexity index is 965. The number of thiophene rings is 1. The highest BCUT2D eigenvalue weighted by atomic mass is 32.1. The van der Waals surface area contributed by atoms with E-state index in [0.29, 0.717) is 6.04 Å². The van der Waals surface area contributed by atoms with Crippen molar-refractivity contribution in [2.45, 2.75) is 25.4 Å². The van der Waals surface area contributed by atoms with Crippen LogP contribution in [0.25, 0.3) is 0 Å². The fourth-order valence-electron chi connectivity index (χ4n) is 3.67. The van der Waals surface area contributed by atoms with Gasteiger partial charge in [0.05, 0.1) is 18.2 Å². The SMILES string of the molecule is COc1cccc(NC(=O)c2ccc([C@H]3CCCN3Cc3cnn(C)c3)s2)c1. The summed E-state index contributed by atoms with van der Waals surface area (Å²) >= 11 is 1.58. The van der Waals surface area contributed by atoms with Crippen LogP contribution in [-0.2, 0) is 13.6 Å². The van der Waals surface area contributed by atoms with Crippen molar-refractivity contribution in [1.82, 2.24) is 14.7 Å². The minimum absolute atomic E-state index is 0.0821. The van der Waals surface area contributed by atoms with Crippen molar-refractivity contribution >= 4 is 22.9 Å². The molecule has 0 saturated carbocycles. The summed E-state index contributed by atoms with van der Waals surface area (Å²) in [7, 11) is 3.56. The van der Waals surface area contributed by atoms with Gasteiger partial charge in [-0.2, -0.15) is 5.10 Å². The lowest BCUT2D eigenvalue weighted by Gasteiger charge is -2.22. The second-order valence-electron chi connectivity index (χ2n) is 7.04. The summed E-state index contributed by atoms with van der Waals surface area (Å²) in [5, 5.41) is 7.22. The van der Waals surface area contributed by atoms with Gasteiger partial charge in [0.25, 0.3) is 5.91 Å². The van der Waals surface area contributed by atoms with Crippen LogP contribution in [0, 0.1) is 0 Å². The monoisotopic (exact) mass is 396 g/mol. The van der Waals surface area contributed by atoms with E-state index in [1.54, 1.807) is 18.4 Å². The van der Waals surface area contributed by atoms with E-state index in [2.05, 4.69) is 27.6 Å². The van der Waals surface area contributed by atoms with Gasteiger partial charge in [-0.3, -0.25) is 14.4 Å². The topological polar surface area (TPSA) is 59.4 Å². The number of aromatic nitrogens is 2. The average Bonchev–Trinajstić information content (AvgIpc) is 3.43. The van der Waals surface area contributed by atoms with E-state index < -0.39 is 0 Å². The van der Waals surface area contributed by atoms with E-state index in [1.165, 1.54) is 16.9 Å². The zero-order valence-electron chi connectivity index (χ0n) is 16.1. The molecule has 0 bridgehead atoms. The van der Waals surface area contributed by atoms with E-state index in [-0.39, 0.29) is 5.91 Å². The highest BCUT2D eigenvalue weighted by molar-refractivity contribution is 7.14. The lowest BCUT2D eigenvalue weighted by atomic mass is 10.2. The molecule has 6 nitrogen and oxygen atoms in total. The molecule has 0 radical (unpaired) electrons.